The first kappa shape index (κ1) is 10.4. The Balaban J connectivity index is 1.92. The van der Waals surface area contributed by atoms with Crippen LogP contribution in [-0.2, 0) is 6.42 Å². The predicted molar refractivity (Wildman–Crippen MR) is 62.3 cm³/mol. The van der Waals surface area contributed by atoms with Crippen LogP contribution in [0.3, 0.4) is 0 Å². The molecule has 1 aliphatic carbocycles. The normalized spacial score (nSPS) is 19.9. The molecule has 0 aliphatic heterocycles. The van der Waals surface area contributed by atoms with Crippen LogP contribution in [-0.4, -0.2) is 20.1 Å². The van der Waals surface area contributed by atoms with E-state index in [2.05, 4.69) is 21.0 Å². The van der Waals surface area contributed by atoms with Crippen molar-refractivity contribution in [1.82, 2.24) is 15.0 Å². The molecule has 2 atom stereocenters. The quantitative estimate of drug-likeness (QED) is 0.847. The lowest BCUT2D eigenvalue weighted by atomic mass is 9.99. The molecule has 0 saturated heterocycles. The van der Waals surface area contributed by atoms with Crippen LogP contribution in [0.15, 0.2) is 36.8 Å². The molecule has 4 heteroatoms. The average Bonchev–Trinajstić information content (AvgIpc) is 2.83. The number of fused-ring (bicyclic) bond motifs is 1. The second kappa shape index (κ2) is 4.22. The molecule has 0 spiro atoms. The van der Waals surface area contributed by atoms with Crippen molar-refractivity contribution in [3.63, 3.8) is 0 Å². The summed E-state index contributed by atoms with van der Waals surface area (Å²) in [5.74, 6) is 0.504. The molecule has 0 amide bonds. The third-order valence-electron chi connectivity index (χ3n) is 3.23. The van der Waals surface area contributed by atoms with Crippen molar-refractivity contribution < 1.29 is 5.11 Å². The van der Waals surface area contributed by atoms with Gasteiger partial charge in [0.05, 0.1) is 0 Å². The summed E-state index contributed by atoms with van der Waals surface area (Å²) in [6.45, 7) is 0. The molecule has 3 rings (SSSR count). The van der Waals surface area contributed by atoms with Crippen LogP contribution in [0.25, 0.3) is 0 Å². The molecule has 0 saturated carbocycles. The molecule has 17 heavy (non-hydrogen) atoms. The molecule has 1 N–H and O–H groups in total. The van der Waals surface area contributed by atoms with Gasteiger partial charge in [-0.3, -0.25) is 4.98 Å². The highest BCUT2D eigenvalue weighted by molar-refractivity contribution is 5.30. The number of hydrogen-bond acceptors (Lipinski definition) is 4. The van der Waals surface area contributed by atoms with Gasteiger partial charge >= 0.3 is 0 Å². The summed E-state index contributed by atoms with van der Waals surface area (Å²) in [7, 11) is 0. The van der Waals surface area contributed by atoms with Crippen LogP contribution >= 0.6 is 0 Å². The zero-order valence-corrected chi connectivity index (χ0v) is 9.32. The van der Waals surface area contributed by atoms with E-state index >= 15 is 0 Å². The molecule has 1 aliphatic rings. The summed E-state index contributed by atoms with van der Waals surface area (Å²) in [6, 6.07) is 5.75. The van der Waals surface area contributed by atoms with Gasteiger partial charge in [-0.15, -0.1) is 0 Å². The molecule has 0 aromatic carbocycles. The number of aliphatic hydroxyl groups excluding tert-OH is 1. The van der Waals surface area contributed by atoms with Crippen LogP contribution in [0.5, 0.6) is 0 Å². The van der Waals surface area contributed by atoms with Crippen molar-refractivity contribution in [2.75, 3.05) is 0 Å². The molecule has 0 fully saturated rings. The van der Waals surface area contributed by atoms with Crippen molar-refractivity contribution >= 4 is 0 Å². The summed E-state index contributed by atoms with van der Waals surface area (Å²) in [5, 5.41) is 10.3. The summed E-state index contributed by atoms with van der Waals surface area (Å²) in [5.41, 5.74) is 2.22. The Labute approximate surface area is 99.4 Å². The molecule has 2 aromatic rings. The largest absolute Gasteiger partial charge is 0.384 e. The van der Waals surface area contributed by atoms with E-state index in [-0.39, 0.29) is 5.92 Å². The van der Waals surface area contributed by atoms with E-state index < -0.39 is 6.10 Å². The summed E-state index contributed by atoms with van der Waals surface area (Å²) in [4.78, 5) is 12.6. The number of hydrogen-bond donors (Lipinski definition) is 1. The van der Waals surface area contributed by atoms with Crippen LogP contribution in [0.2, 0.25) is 0 Å². The topological polar surface area (TPSA) is 58.9 Å². The Bertz CT molecular complexity index is 515. The minimum absolute atomic E-state index is 0.0219. The van der Waals surface area contributed by atoms with Crippen LogP contribution in [0.4, 0.5) is 0 Å². The van der Waals surface area contributed by atoms with Gasteiger partial charge in [0.2, 0.25) is 0 Å². The minimum atomic E-state index is -0.660. The van der Waals surface area contributed by atoms with E-state index in [4.69, 9.17) is 0 Å². The monoisotopic (exact) mass is 227 g/mol. The van der Waals surface area contributed by atoms with E-state index in [1.165, 1.54) is 5.56 Å². The molecule has 0 radical (unpaired) electrons. The first-order chi connectivity index (χ1) is 8.36. The zero-order chi connectivity index (χ0) is 11.7. The number of rotatable bonds is 2. The summed E-state index contributed by atoms with van der Waals surface area (Å²) < 4.78 is 0. The molecule has 0 bridgehead atoms. The van der Waals surface area contributed by atoms with Gasteiger partial charge < -0.3 is 5.11 Å². The van der Waals surface area contributed by atoms with E-state index in [0.717, 1.165) is 18.5 Å². The number of nitrogens with zero attached hydrogens (tertiary/aromatic N) is 3. The van der Waals surface area contributed by atoms with Gasteiger partial charge in [-0.25, -0.2) is 9.97 Å². The highest BCUT2D eigenvalue weighted by atomic mass is 16.3. The van der Waals surface area contributed by atoms with E-state index in [0.29, 0.717) is 5.82 Å². The first-order valence-electron chi connectivity index (χ1n) is 5.75. The highest BCUT2D eigenvalue weighted by Gasteiger charge is 2.31. The smallest absolute Gasteiger partial charge is 0.157 e. The molecular formula is C13H13N3O. The lowest BCUT2D eigenvalue weighted by Crippen LogP contribution is -2.12. The predicted octanol–water partition coefficient (Wildman–Crippen LogP) is 1.64. The first-order valence-corrected chi connectivity index (χ1v) is 5.75. The van der Waals surface area contributed by atoms with Gasteiger partial charge in [0.15, 0.2) is 5.82 Å². The average molecular weight is 227 g/mol. The fourth-order valence-electron chi connectivity index (χ4n) is 2.39. The van der Waals surface area contributed by atoms with Gasteiger partial charge in [0.1, 0.15) is 6.10 Å². The van der Waals surface area contributed by atoms with E-state index in [1.54, 1.807) is 24.7 Å². The van der Waals surface area contributed by atoms with Crippen molar-refractivity contribution in [2.45, 2.75) is 24.9 Å². The second-order valence-corrected chi connectivity index (χ2v) is 4.24. The van der Waals surface area contributed by atoms with E-state index in [1.807, 2.05) is 6.07 Å². The van der Waals surface area contributed by atoms with Gasteiger partial charge in [-0.1, -0.05) is 6.07 Å². The van der Waals surface area contributed by atoms with Gasteiger partial charge in [0, 0.05) is 30.2 Å². The van der Waals surface area contributed by atoms with Crippen molar-refractivity contribution in [3.05, 3.63) is 53.9 Å². The number of aliphatic hydroxyl groups is 1. The van der Waals surface area contributed by atoms with Crippen LogP contribution < -0.4 is 0 Å². The van der Waals surface area contributed by atoms with E-state index in [9.17, 15) is 5.11 Å². The number of pyridine rings is 1. The van der Waals surface area contributed by atoms with Gasteiger partial charge in [-0.05, 0) is 30.5 Å². The maximum absolute atomic E-state index is 10.3. The molecule has 86 valence electrons. The Hall–Kier alpha value is -1.81. The Kier molecular flexibility index (Phi) is 2.57. The summed E-state index contributed by atoms with van der Waals surface area (Å²) in [6.07, 6.45) is 6.30. The van der Waals surface area contributed by atoms with Crippen molar-refractivity contribution in [3.8, 4) is 0 Å². The maximum Gasteiger partial charge on any atom is 0.157 e. The molecular weight excluding hydrogens is 214 g/mol. The lowest BCUT2D eigenvalue weighted by Gasteiger charge is -2.16. The van der Waals surface area contributed by atoms with Crippen LogP contribution in [0, 0.1) is 0 Å². The molecule has 2 aromatic heterocycles. The Morgan fingerprint density at radius 2 is 1.88 bits per heavy atom. The highest BCUT2D eigenvalue weighted by Crippen LogP contribution is 2.39. The zero-order valence-electron chi connectivity index (χ0n) is 9.32. The van der Waals surface area contributed by atoms with Crippen molar-refractivity contribution in [2.24, 2.45) is 0 Å². The minimum Gasteiger partial charge on any atom is -0.384 e. The standard InChI is InChI=1S/C13H13N3O/c17-12(13-15-7-2-8-16-13)10-5-4-9-3-1-6-14-11(9)10/h1-3,6-8,10,12,17H,4-5H2. The van der Waals surface area contributed by atoms with Gasteiger partial charge in [0.25, 0.3) is 0 Å². The SMILES string of the molecule is OC(c1ncccn1)C1CCc2cccnc21. The fourth-order valence-corrected chi connectivity index (χ4v) is 2.39. The second-order valence-electron chi connectivity index (χ2n) is 4.24. The third kappa shape index (κ3) is 1.80. The third-order valence-corrected chi connectivity index (χ3v) is 3.23. The molecule has 4 nitrogen and oxygen atoms in total. The Morgan fingerprint density at radius 1 is 1.12 bits per heavy atom. The number of aryl methyl sites for hydroxylation is 1. The molecule has 2 unspecified atom stereocenters. The number of aromatic nitrogens is 3. The van der Waals surface area contributed by atoms with Crippen molar-refractivity contribution in [1.29, 1.82) is 0 Å². The fraction of sp³-hybridized carbons (Fsp3) is 0.308. The molecule has 2 heterocycles. The lowest BCUT2D eigenvalue weighted by molar-refractivity contribution is 0.134. The van der Waals surface area contributed by atoms with Crippen LogP contribution in [0.1, 0.15) is 35.5 Å². The Morgan fingerprint density at radius 3 is 2.71 bits per heavy atom. The maximum atomic E-state index is 10.3. The van der Waals surface area contributed by atoms with Gasteiger partial charge in [-0.2, -0.15) is 0 Å². The summed E-state index contributed by atoms with van der Waals surface area (Å²) >= 11 is 0.